The molecule has 7 nitrogen and oxygen atoms in total. The number of carboxylic acids is 1. The lowest BCUT2D eigenvalue weighted by Crippen LogP contribution is -2.49. The first-order valence-electron chi connectivity index (χ1n) is 10.2. The predicted octanol–water partition coefficient (Wildman–Crippen LogP) is 2.94. The number of ether oxygens (including phenoxy) is 1. The molecule has 1 aromatic heterocycles. The van der Waals surface area contributed by atoms with E-state index in [-0.39, 0.29) is 5.91 Å². The molecule has 0 fully saturated rings. The summed E-state index contributed by atoms with van der Waals surface area (Å²) < 4.78 is 6.43. The highest BCUT2D eigenvalue weighted by Gasteiger charge is 2.46. The van der Waals surface area contributed by atoms with Crippen LogP contribution in [0.15, 0.2) is 18.5 Å². The number of aliphatic carboxylic acids is 1. The largest absolute Gasteiger partial charge is 0.493 e. The highest BCUT2D eigenvalue weighted by atomic mass is 16.5. The normalized spacial score (nSPS) is 17.9. The zero-order valence-corrected chi connectivity index (χ0v) is 17.1. The second kappa shape index (κ2) is 7.21. The predicted molar refractivity (Wildman–Crippen MR) is 108 cm³/mol. The molecule has 0 spiro atoms. The number of carboxylic acid groups (broad SMARTS) is 1. The van der Waals surface area contributed by atoms with Crippen LogP contribution in [0.25, 0.3) is 0 Å². The molecule has 2 N–H and O–H groups in total. The summed E-state index contributed by atoms with van der Waals surface area (Å²) in [4.78, 5) is 25.5. The summed E-state index contributed by atoms with van der Waals surface area (Å²) in [5.41, 5.74) is 4.49. The summed E-state index contributed by atoms with van der Waals surface area (Å²) in [6, 6.07) is 2.31. The van der Waals surface area contributed by atoms with Gasteiger partial charge in [0.15, 0.2) is 11.3 Å². The summed E-state index contributed by atoms with van der Waals surface area (Å²) in [5.74, 6) is -1.82. The first-order valence-corrected chi connectivity index (χ1v) is 10.2. The Labute approximate surface area is 170 Å². The van der Waals surface area contributed by atoms with Crippen LogP contribution >= 0.6 is 0 Å². The van der Waals surface area contributed by atoms with Crippen LogP contribution in [0.2, 0.25) is 0 Å². The molecule has 154 valence electrons. The van der Waals surface area contributed by atoms with Crippen molar-refractivity contribution in [2.24, 2.45) is 5.92 Å². The van der Waals surface area contributed by atoms with Gasteiger partial charge in [-0.05, 0) is 67.7 Å². The molecule has 0 saturated carbocycles. The molecule has 1 amide bonds. The lowest BCUT2D eigenvalue weighted by Gasteiger charge is -2.31. The minimum absolute atomic E-state index is 0.307. The number of rotatable bonds is 6. The van der Waals surface area contributed by atoms with Crippen molar-refractivity contribution in [2.45, 2.75) is 57.9 Å². The number of hydrogen-bond acceptors (Lipinski definition) is 4. The molecule has 2 aromatic rings. The number of benzene rings is 1. The molecular formula is C22H27N3O4. The average molecular weight is 397 g/mol. The van der Waals surface area contributed by atoms with Crippen molar-refractivity contribution >= 4 is 17.6 Å². The van der Waals surface area contributed by atoms with Gasteiger partial charge in [0.25, 0.3) is 0 Å². The van der Waals surface area contributed by atoms with E-state index in [0.717, 1.165) is 44.2 Å². The maximum Gasteiger partial charge on any atom is 0.332 e. The molecule has 1 aromatic carbocycles. The van der Waals surface area contributed by atoms with Crippen LogP contribution in [0.3, 0.4) is 0 Å². The molecule has 0 radical (unpaired) electrons. The number of hydrogen-bond donors (Lipinski definition) is 2. The van der Waals surface area contributed by atoms with Crippen molar-refractivity contribution in [3.05, 3.63) is 40.7 Å². The molecule has 2 atom stereocenters. The fourth-order valence-corrected chi connectivity index (χ4v) is 4.60. The lowest BCUT2D eigenvalue weighted by atomic mass is 9.86. The van der Waals surface area contributed by atoms with Gasteiger partial charge < -0.3 is 15.2 Å². The second-order valence-electron chi connectivity index (χ2n) is 8.22. The minimum Gasteiger partial charge on any atom is -0.493 e. The number of carbonyl (C=O) groups excluding carboxylic acids is 1. The van der Waals surface area contributed by atoms with Gasteiger partial charge in [-0.15, -0.1) is 0 Å². The van der Waals surface area contributed by atoms with E-state index in [1.807, 2.05) is 0 Å². The molecule has 4 rings (SSSR count). The number of aryl methyl sites for hydroxylation is 2. The number of nitrogens with one attached hydrogen (secondary N) is 1. The third-order valence-electron chi connectivity index (χ3n) is 6.66. The van der Waals surface area contributed by atoms with Crippen molar-refractivity contribution in [3.8, 4) is 5.75 Å². The maximum atomic E-state index is 13.3. The van der Waals surface area contributed by atoms with Crippen molar-refractivity contribution in [1.82, 2.24) is 9.78 Å². The standard InChI is InChI=1S/C22H27N3O4/c1-13(22(2,21(27)28)25-12-16(29-3)11-23-25)20(26)24-19-17-8-4-6-14(17)10-15-7-5-9-18(15)19/h10-13H,4-9H2,1-3H3,(H,24,26)(H,27,28). The number of anilines is 1. The maximum absolute atomic E-state index is 13.3. The topological polar surface area (TPSA) is 93.5 Å². The Kier molecular flexibility index (Phi) is 4.84. The van der Waals surface area contributed by atoms with Gasteiger partial charge in [0.05, 0.1) is 25.4 Å². The van der Waals surface area contributed by atoms with Gasteiger partial charge in [-0.3, -0.25) is 9.48 Å². The minimum atomic E-state index is -1.54. The van der Waals surface area contributed by atoms with Gasteiger partial charge in [-0.2, -0.15) is 5.10 Å². The van der Waals surface area contributed by atoms with E-state index in [1.54, 1.807) is 6.92 Å². The van der Waals surface area contributed by atoms with Gasteiger partial charge in [-0.1, -0.05) is 13.0 Å². The third-order valence-corrected chi connectivity index (χ3v) is 6.66. The fourth-order valence-electron chi connectivity index (χ4n) is 4.60. The van der Waals surface area contributed by atoms with Crippen LogP contribution in [0, 0.1) is 5.92 Å². The van der Waals surface area contributed by atoms with Crippen molar-refractivity contribution in [1.29, 1.82) is 0 Å². The second-order valence-corrected chi connectivity index (χ2v) is 8.22. The molecule has 0 bridgehead atoms. The molecule has 7 heteroatoms. The van der Waals surface area contributed by atoms with Crippen LogP contribution in [0.4, 0.5) is 5.69 Å². The fraction of sp³-hybridized carbons (Fsp3) is 0.500. The summed E-state index contributed by atoms with van der Waals surface area (Å²) in [6.45, 7) is 3.16. The number of nitrogens with zero attached hydrogens (tertiary/aromatic N) is 2. The Morgan fingerprint density at radius 3 is 2.34 bits per heavy atom. The number of fused-ring (bicyclic) bond motifs is 2. The highest BCUT2D eigenvalue weighted by molar-refractivity contribution is 5.98. The van der Waals surface area contributed by atoms with Gasteiger partial charge in [0.1, 0.15) is 0 Å². The Balaban J connectivity index is 1.67. The summed E-state index contributed by atoms with van der Waals surface area (Å²) in [6.07, 6.45) is 9.14. The number of methoxy groups -OCH3 is 1. The summed E-state index contributed by atoms with van der Waals surface area (Å²) in [7, 11) is 1.49. The number of carbonyl (C=O) groups is 2. The zero-order chi connectivity index (χ0) is 20.8. The van der Waals surface area contributed by atoms with E-state index in [4.69, 9.17) is 4.74 Å². The zero-order valence-electron chi connectivity index (χ0n) is 17.1. The molecular weight excluding hydrogens is 370 g/mol. The smallest absolute Gasteiger partial charge is 0.332 e. The Morgan fingerprint density at radius 1 is 1.21 bits per heavy atom. The van der Waals surface area contributed by atoms with Gasteiger partial charge in [-0.25, -0.2) is 4.79 Å². The average Bonchev–Trinajstić information content (AvgIpc) is 3.45. The molecule has 2 aliphatic rings. The van der Waals surface area contributed by atoms with Crippen LogP contribution in [-0.2, 0) is 40.8 Å². The lowest BCUT2D eigenvalue weighted by molar-refractivity contribution is -0.152. The van der Waals surface area contributed by atoms with E-state index in [1.165, 1.54) is 53.4 Å². The Bertz CT molecular complexity index is 948. The van der Waals surface area contributed by atoms with Crippen molar-refractivity contribution in [2.75, 3.05) is 12.4 Å². The molecule has 0 saturated heterocycles. The monoisotopic (exact) mass is 397 g/mol. The highest BCUT2D eigenvalue weighted by Crippen LogP contribution is 2.39. The van der Waals surface area contributed by atoms with Crippen LogP contribution in [0.5, 0.6) is 5.75 Å². The van der Waals surface area contributed by atoms with Crippen molar-refractivity contribution < 1.29 is 19.4 Å². The summed E-state index contributed by atoms with van der Waals surface area (Å²) >= 11 is 0. The quantitative estimate of drug-likeness (QED) is 0.782. The van der Waals surface area contributed by atoms with Gasteiger partial charge >= 0.3 is 5.97 Å². The van der Waals surface area contributed by atoms with E-state index in [2.05, 4.69) is 16.5 Å². The number of aromatic nitrogens is 2. The Morgan fingerprint density at radius 2 is 1.83 bits per heavy atom. The molecule has 29 heavy (non-hydrogen) atoms. The summed E-state index contributed by atoms with van der Waals surface area (Å²) in [5, 5.41) is 17.2. The van der Waals surface area contributed by atoms with E-state index in [9.17, 15) is 14.7 Å². The molecule has 0 aliphatic heterocycles. The molecule has 2 unspecified atom stereocenters. The molecule has 1 heterocycles. The van der Waals surface area contributed by atoms with Gasteiger partial charge in [0, 0.05) is 5.69 Å². The first-order chi connectivity index (χ1) is 13.9. The number of amides is 1. The van der Waals surface area contributed by atoms with Crippen LogP contribution < -0.4 is 10.1 Å². The Hall–Kier alpha value is -2.83. The third kappa shape index (κ3) is 3.09. The van der Waals surface area contributed by atoms with E-state index >= 15 is 0 Å². The SMILES string of the molecule is COc1cnn(C(C)(C(=O)O)C(C)C(=O)Nc2c3c(cc4c2CCC4)CCC3)c1. The van der Waals surface area contributed by atoms with Crippen LogP contribution in [0.1, 0.15) is 48.9 Å². The van der Waals surface area contributed by atoms with E-state index in [0.29, 0.717) is 5.75 Å². The van der Waals surface area contributed by atoms with Crippen LogP contribution in [-0.4, -0.2) is 33.9 Å². The molecule has 2 aliphatic carbocycles. The van der Waals surface area contributed by atoms with Crippen molar-refractivity contribution in [3.63, 3.8) is 0 Å². The first kappa shape index (κ1) is 19.5. The van der Waals surface area contributed by atoms with E-state index < -0.39 is 17.4 Å². The van der Waals surface area contributed by atoms with Gasteiger partial charge in [0.2, 0.25) is 5.91 Å².